The summed E-state index contributed by atoms with van der Waals surface area (Å²) in [5, 5.41) is 15.1. The van der Waals surface area contributed by atoms with Gasteiger partial charge >= 0.3 is 0 Å². The Morgan fingerprint density at radius 3 is 1.56 bits per heavy atom. The molecule has 0 spiro atoms. The number of ketones is 1. The standard InChI is InChI=1S/C10H22.C9H17NO.C8H14N2O2.C2H7N.2C2H6.CH2O2/c1-3-5-7-9-10-8-6-4-2;1-6(2)8(10-3)9(11)7-4-5-7;1-7-3-2-4-10(7)8(12)5-9-6-11;1-3-2;2*1-2;2-1-3/h3-10H2,1-2H3;6-8,10H,4-5H2,1-3H3;6-7H,2-5H2,1H3,(H,9,11);3H,1-2H3;2*1-2H3;1H,(H,2,3)/t;;7-;;;;/m..1..../s1. The first-order chi connectivity index (χ1) is 20.7. The molecule has 0 aromatic carbocycles. The summed E-state index contributed by atoms with van der Waals surface area (Å²) in [7, 11) is 5.62. The molecule has 0 aromatic rings. The Morgan fingerprint density at radius 2 is 1.28 bits per heavy atom. The molecule has 2 amide bonds. The van der Waals surface area contributed by atoms with Gasteiger partial charge in [-0.15, -0.1) is 0 Å². The van der Waals surface area contributed by atoms with E-state index in [0.29, 0.717) is 30.1 Å². The van der Waals surface area contributed by atoms with Crippen LogP contribution < -0.4 is 16.0 Å². The number of unbranched alkanes of at least 4 members (excludes halogenated alkanes) is 7. The number of Topliss-reactive ketones (excluding diaryl/α,β-unsaturated/α-hetero) is 1. The maximum absolute atomic E-state index is 11.5. The molecule has 43 heavy (non-hydrogen) atoms. The van der Waals surface area contributed by atoms with E-state index in [4.69, 9.17) is 9.90 Å². The molecule has 4 N–H and O–H groups in total. The Hall–Kier alpha value is -2.00. The van der Waals surface area contributed by atoms with Gasteiger partial charge < -0.3 is 26.0 Å². The molecular formula is C34H74N4O5. The van der Waals surface area contributed by atoms with Crippen LogP contribution in [0.5, 0.6) is 0 Å². The number of hydrogen-bond acceptors (Lipinski definition) is 6. The molecule has 2 fully saturated rings. The summed E-state index contributed by atoms with van der Waals surface area (Å²) in [4.78, 5) is 42.9. The molecule has 1 saturated heterocycles. The lowest BCUT2D eigenvalue weighted by Gasteiger charge is -2.20. The third kappa shape index (κ3) is 36.1. The predicted octanol–water partition coefficient (Wildman–Crippen LogP) is 6.69. The molecule has 1 heterocycles. The summed E-state index contributed by atoms with van der Waals surface area (Å²) in [6.45, 7) is 19.5. The molecule has 1 saturated carbocycles. The molecule has 1 unspecified atom stereocenters. The normalized spacial score (nSPS) is 14.8. The molecular weight excluding hydrogens is 544 g/mol. The van der Waals surface area contributed by atoms with Crippen molar-refractivity contribution >= 4 is 24.6 Å². The van der Waals surface area contributed by atoms with Gasteiger partial charge in [-0.1, -0.05) is 107 Å². The van der Waals surface area contributed by atoms with Crippen LogP contribution in [0.3, 0.4) is 0 Å². The van der Waals surface area contributed by atoms with E-state index < -0.39 is 0 Å². The summed E-state index contributed by atoms with van der Waals surface area (Å²) in [6, 6.07) is 0.424. The lowest BCUT2D eigenvalue weighted by atomic mass is 9.97. The van der Waals surface area contributed by atoms with E-state index in [0.717, 1.165) is 32.2 Å². The van der Waals surface area contributed by atoms with Crippen molar-refractivity contribution in [2.45, 2.75) is 151 Å². The van der Waals surface area contributed by atoms with Crippen molar-refractivity contribution in [3.05, 3.63) is 0 Å². The van der Waals surface area contributed by atoms with Crippen LogP contribution in [0.25, 0.3) is 0 Å². The molecule has 0 aromatic heterocycles. The topological polar surface area (TPSA) is 128 Å². The third-order valence-corrected chi connectivity index (χ3v) is 6.43. The van der Waals surface area contributed by atoms with Crippen molar-refractivity contribution < 1.29 is 24.3 Å². The van der Waals surface area contributed by atoms with Crippen LogP contribution in [-0.2, 0) is 19.2 Å². The summed E-state index contributed by atoms with van der Waals surface area (Å²) >= 11 is 0. The first-order valence-electron chi connectivity index (χ1n) is 17.0. The number of likely N-dealkylation sites (tertiary alicyclic amines) is 1. The van der Waals surface area contributed by atoms with Gasteiger partial charge in [-0.2, -0.15) is 0 Å². The van der Waals surface area contributed by atoms with Crippen LogP contribution in [0, 0.1) is 11.8 Å². The number of carbonyl (C=O) groups is 4. The smallest absolute Gasteiger partial charge is 0.290 e. The van der Waals surface area contributed by atoms with Crippen LogP contribution in [-0.4, -0.2) is 80.9 Å². The molecule has 0 radical (unpaired) electrons. The highest BCUT2D eigenvalue weighted by atomic mass is 16.3. The molecule has 2 rings (SSSR count). The fourth-order valence-electron chi connectivity index (χ4n) is 4.17. The lowest BCUT2D eigenvalue weighted by molar-refractivity contribution is -0.131. The van der Waals surface area contributed by atoms with Crippen LogP contribution in [0.15, 0.2) is 0 Å². The molecule has 2 atom stereocenters. The largest absolute Gasteiger partial charge is 0.483 e. The summed E-state index contributed by atoms with van der Waals surface area (Å²) in [5.74, 6) is 1.25. The first kappa shape index (κ1) is 50.6. The van der Waals surface area contributed by atoms with Gasteiger partial charge in [-0.3, -0.25) is 19.2 Å². The van der Waals surface area contributed by atoms with Gasteiger partial charge in [-0.05, 0) is 59.7 Å². The second-order valence-electron chi connectivity index (χ2n) is 10.5. The molecule has 9 heteroatoms. The average molecular weight is 619 g/mol. The van der Waals surface area contributed by atoms with Crippen molar-refractivity contribution in [2.75, 3.05) is 34.2 Å². The van der Waals surface area contributed by atoms with Gasteiger partial charge in [-0.25, -0.2) is 0 Å². The predicted molar refractivity (Wildman–Crippen MR) is 185 cm³/mol. The van der Waals surface area contributed by atoms with E-state index in [1.54, 1.807) is 0 Å². The van der Waals surface area contributed by atoms with E-state index in [2.05, 4.69) is 43.6 Å². The zero-order valence-electron chi connectivity index (χ0n) is 30.4. The van der Waals surface area contributed by atoms with Crippen LogP contribution in [0.4, 0.5) is 0 Å². The number of nitrogens with one attached hydrogen (secondary N) is 3. The van der Waals surface area contributed by atoms with Crippen molar-refractivity contribution in [1.82, 2.24) is 20.9 Å². The van der Waals surface area contributed by atoms with Gasteiger partial charge in [0.15, 0.2) is 5.78 Å². The minimum Gasteiger partial charge on any atom is -0.483 e. The summed E-state index contributed by atoms with van der Waals surface area (Å²) in [5.41, 5.74) is 0. The maximum Gasteiger partial charge on any atom is 0.290 e. The average Bonchev–Trinajstić information content (AvgIpc) is 3.77. The van der Waals surface area contributed by atoms with Gasteiger partial charge in [0.25, 0.3) is 6.47 Å². The summed E-state index contributed by atoms with van der Waals surface area (Å²) < 4.78 is 0. The number of likely N-dealkylation sites (N-methyl/N-ethyl adjacent to an activating group) is 1. The van der Waals surface area contributed by atoms with Gasteiger partial charge in [0.2, 0.25) is 12.3 Å². The highest BCUT2D eigenvalue weighted by Crippen LogP contribution is 2.31. The molecule has 0 bridgehead atoms. The van der Waals surface area contributed by atoms with Gasteiger partial charge in [0, 0.05) is 18.5 Å². The SMILES string of the molecule is CC.CC.CCCCCCCCCC.CNC.CNC(C(=O)C1CC1)C(C)C.C[C@@H]1CCCN1C(=O)CNC=O.O=CO. The number of carboxylic acid groups (broad SMARTS) is 1. The van der Waals surface area contributed by atoms with Gasteiger partial charge in [0.05, 0.1) is 12.6 Å². The number of nitrogens with zero attached hydrogens (tertiary/aromatic N) is 1. The third-order valence-electron chi connectivity index (χ3n) is 6.43. The van der Waals surface area contributed by atoms with Crippen LogP contribution in [0.1, 0.15) is 139 Å². The van der Waals surface area contributed by atoms with Crippen molar-refractivity contribution in [2.24, 2.45) is 11.8 Å². The highest BCUT2D eigenvalue weighted by molar-refractivity contribution is 5.88. The van der Waals surface area contributed by atoms with E-state index in [1.165, 1.54) is 51.4 Å². The van der Waals surface area contributed by atoms with Crippen LogP contribution >= 0.6 is 0 Å². The van der Waals surface area contributed by atoms with E-state index >= 15 is 0 Å². The zero-order valence-corrected chi connectivity index (χ0v) is 30.4. The van der Waals surface area contributed by atoms with Crippen molar-refractivity contribution in [3.63, 3.8) is 0 Å². The van der Waals surface area contributed by atoms with E-state index in [-0.39, 0.29) is 25.0 Å². The first-order valence-corrected chi connectivity index (χ1v) is 17.0. The molecule has 260 valence electrons. The second-order valence-corrected chi connectivity index (χ2v) is 10.5. The van der Waals surface area contributed by atoms with E-state index in [1.807, 2.05) is 60.7 Å². The van der Waals surface area contributed by atoms with E-state index in [9.17, 15) is 14.4 Å². The fourth-order valence-corrected chi connectivity index (χ4v) is 4.17. The van der Waals surface area contributed by atoms with Gasteiger partial charge in [0.1, 0.15) is 0 Å². The number of rotatable bonds is 14. The Labute approximate surface area is 267 Å². The monoisotopic (exact) mass is 619 g/mol. The van der Waals surface area contributed by atoms with Crippen LogP contribution in [0.2, 0.25) is 0 Å². The highest BCUT2D eigenvalue weighted by Gasteiger charge is 2.35. The minimum atomic E-state index is -0.250. The Bertz CT molecular complexity index is 579. The maximum atomic E-state index is 11.5. The number of hydrogen-bond donors (Lipinski definition) is 4. The molecule has 2 aliphatic rings. The molecule has 1 aliphatic carbocycles. The van der Waals surface area contributed by atoms with Crippen molar-refractivity contribution in [3.8, 4) is 0 Å². The number of carbonyl (C=O) groups excluding carboxylic acids is 3. The second kappa shape index (κ2) is 42.1. The Morgan fingerprint density at radius 1 is 0.860 bits per heavy atom. The fraction of sp³-hybridized carbons (Fsp3) is 0.882. The lowest BCUT2D eigenvalue weighted by Crippen LogP contribution is -2.39. The summed E-state index contributed by atoms with van der Waals surface area (Å²) in [6.07, 6.45) is 16.4. The minimum absolute atomic E-state index is 0.0205. The Kier molecular flexibility index (Phi) is 49.6. The quantitative estimate of drug-likeness (QED) is 0.126. The molecule has 1 aliphatic heterocycles. The Balaban J connectivity index is -0.000000146. The van der Waals surface area contributed by atoms with Crippen molar-refractivity contribution in [1.29, 1.82) is 0 Å². The zero-order chi connectivity index (χ0) is 34.5. The number of amides is 2. The molecule has 9 nitrogen and oxygen atoms in total.